The molecule has 25 heavy (non-hydrogen) atoms. The van der Waals surface area contributed by atoms with E-state index >= 15 is 0 Å². The molecule has 4 amide bonds. The van der Waals surface area contributed by atoms with Crippen LogP contribution in [0.3, 0.4) is 0 Å². The first-order valence-electron chi connectivity index (χ1n) is 7.16. The molecular formula is C14H13N7O3S. The summed E-state index contributed by atoms with van der Waals surface area (Å²) in [5.41, 5.74) is 3.25. The minimum absolute atomic E-state index is 0.107. The number of hydrogen-bond acceptors (Lipinski definition) is 8. The van der Waals surface area contributed by atoms with Crippen molar-refractivity contribution in [2.75, 3.05) is 12.0 Å². The lowest BCUT2D eigenvalue weighted by Crippen LogP contribution is -2.44. The van der Waals surface area contributed by atoms with Crippen LogP contribution in [0.1, 0.15) is 0 Å². The van der Waals surface area contributed by atoms with Gasteiger partial charge in [-0.25, -0.2) is 9.78 Å². The molecule has 1 aromatic carbocycles. The summed E-state index contributed by atoms with van der Waals surface area (Å²) in [7, 11) is 0. The molecule has 0 unspecified atom stereocenters. The summed E-state index contributed by atoms with van der Waals surface area (Å²) in [6.07, 6.45) is 0.781. The van der Waals surface area contributed by atoms with E-state index in [1.165, 1.54) is 11.3 Å². The van der Waals surface area contributed by atoms with Crippen molar-refractivity contribution in [1.29, 1.82) is 5.41 Å². The van der Waals surface area contributed by atoms with Crippen molar-refractivity contribution in [3.05, 3.63) is 24.3 Å². The molecule has 2 aromatic rings. The van der Waals surface area contributed by atoms with Crippen molar-refractivity contribution < 1.29 is 14.4 Å². The Labute approximate surface area is 145 Å². The molecule has 0 saturated carbocycles. The third kappa shape index (κ3) is 3.77. The normalized spacial score (nSPS) is 17.1. The van der Waals surface area contributed by atoms with E-state index in [0.29, 0.717) is 5.13 Å². The molecule has 0 bridgehead atoms. The topological polar surface area (TPSA) is 148 Å². The monoisotopic (exact) mass is 359 g/mol. The zero-order valence-electron chi connectivity index (χ0n) is 12.7. The van der Waals surface area contributed by atoms with Crippen molar-refractivity contribution in [2.45, 2.75) is 6.04 Å². The quantitative estimate of drug-likeness (QED) is 0.280. The fourth-order valence-corrected chi connectivity index (χ4v) is 2.87. The number of amides is 4. The van der Waals surface area contributed by atoms with Crippen LogP contribution >= 0.6 is 11.3 Å². The Bertz CT molecular complexity index is 858. The molecule has 1 atom stereocenters. The average molecular weight is 359 g/mol. The minimum atomic E-state index is -0.847. The lowest BCUT2D eigenvalue weighted by Gasteiger charge is -2.08. The predicted molar refractivity (Wildman–Crippen MR) is 92.9 cm³/mol. The zero-order chi connectivity index (χ0) is 17.8. The second-order valence-corrected chi connectivity index (χ2v) is 6.00. The molecule has 0 radical (unpaired) electrons. The van der Waals surface area contributed by atoms with E-state index in [1.54, 1.807) is 0 Å². The fourth-order valence-electron chi connectivity index (χ4n) is 2.06. The van der Waals surface area contributed by atoms with E-state index in [4.69, 9.17) is 5.41 Å². The number of anilines is 1. The Kier molecular flexibility index (Phi) is 4.66. The third-order valence-corrected chi connectivity index (χ3v) is 4.20. The minimum Gasteiger partial charge on any atom is -0.348 e. The van der Waals surface area contributed by atoms with Crippen LogP contribution in [0.5, 0.6) is 0 Å². The summed E-state index contributed by atoms with van der Waals surface area (Å²) in [6, 6.07) is 6.06. The van der Waals surface area contributed by atoms with Gasteiger partial charge in [-0.2, -0.15) is 5.10 Å². The molecule has 1 aliphatic rings. The van der Waals surface area contributed by atoms with Gasteiger partial charge in [0.25, 0.3) is 11.8 Å². The van der Waals surface area contributed by atoms with Crippen LogP contribution in [-0.2, 0) is 9.59 Å². The highest BCUT2D eigenvalue weighted by atomic mass is 32.1. The van der Waals surface area contributed by atoms with E-state index in [1.807, 2.05) is 24.3 Å². The van der Waals surface area contributed by atoms with E-state index in [0.717, 1.165) is 16.4 Å². The van der Waals surface area contributed by atoms with Crippen molar-refractivity contribution in [1.82, 2.24) is 20.9 Å². The number of carbonyl (C=O) groups excluding carboxylic acids is 3. The molecular weight excluding hydrogens is 346 g/mol. The number of carbonyl (C=O) groups is 3. The number of para-hydroxylation sites is 1. The van der Waals surface area contributed by atoms with Crippen molar-refractivity contribution in [3.63, 3.8) is 0 Å². The molecule has 10 nitrogen and oxygen atoms in total. The highest BCUT2D eigenvalue weighted by Gasteiger charge is 2.29. The third-order valence-electron chi connectivity index (χ3n) is 3.26. The molecule has 11 heteroatoms. The van der Waals surface area contributed by atoms with Gasteiger partial charge in [0.2, 0.25) is 5.13 Å². The number of hydrogen-bond donors (Lipinski definition) is 5. The average Bonchev–Trinajstić information content (AvgIpc) is 3.15. The van der Waals surface area contributed by atoms with E-state index in [2.05, 4.69) is 31.5 Å². The number of thiazole rings is 1. The predicted octanol–water partition coefficient (Wildman–Crippen LogP) is 0.0380. The number of aromatic nitrogens is 1. The van der Waals surface area contributed by atoms with Crippen LogP contribution in [0.2, 0.25) is 0 Å². The van der Waals surface area contributed by atoms with Crippen molar-refractivity contribution in [2.24, 2.45) is 5.10 Å². The summed E-state index contributed by atoms with van der Waals surface area (Å²) in [4.78, 5) is 38.7. The standard InChI is InChI=1S/C14H13N7O3S/c15-5-8(11(22)16-6-9-12(23)19-13(24)17-9)20-21-14-18-7-3-1-2-4-10(7)25-14/h1-5,9,15H,6H2,(H,16,22)(H,18,21)(H2,17,19,23,24)/b15-5?,20-8+/t9-/m1/s1. The summed E-state index contributed by atoms with van der Waals surface area (Å²) >= 11 is 1.36. The Morgan fingerprint density at radius 1 is 1.40 bits per heavy atom. The van der Waals surface area contributed by atoms with E-state index in [-0.39, 0.29) is 12.3 Å². The molecule has 0 aliphatic carbocycles. The van der Waals surface area contributed by atoms with Gasteiger partial charge in [0.1, 0.15) is 6.04 Å². The van der Waals surface area contributed by atoms with Gasteiger partial charge in [-0.05, 0) is 12.1 Å². The summed E-state index contributed by atoms with van der Waals surface area (Å²) in [5.74, 6) is -1.18. The van der Waals surface area contributed by atoms with Crippen LogP contribution < -0.4 is 21.4 Å². The maximum Gasteiger partial charge on any atom is 0.322 e. The number of nitrogens with one attached hydrogen (secondary N) is 5. The van der Waals surface area contributed by atoms with Crippen molar-refractivity contribution >= 4 is 56.5 Å². The van der Waals surface area contributed by atoms with Crippen molar-refractivity contribution in [3.8, 4) is 0 Å². The molecule has 2 heterocycles. The highest BCUT2D eigenvalue weighted by Crippen LogP contribution is 2.25. The zero-order valence-corrected chi connectivity index (χ0v) is 13.5. The van der Waals surface area contributed by atoms with Gasteiger partial charge >= 0.3 is 6.03 Å². The number of imide groups is 1. The van der Waals surface area contributed by atoms with Gasteiger partial charge < -0.3 is 16.0 Å². The van der Waals surface area contributed by atoms with Crippen LogP contribution in [0.4, 0.5) is 9.93 Å². The highest BCUT2D eigenvalue weighted by molar-refractivity contribution is 7.22. The molecule has 3 rings (SSSR count). The van der Waals surface area contributed by atoms with Crippen LogP contribution in [0.25, 0.3) is 10.2 Å². The van der Waals surface area contributed by atoms with Gasteiger partial charge in [0, 0.05) is 6.54 Å². The number of rotatable bonds is 6. The maximum atomic E-state index is 12.0. The summed E-state index contributed by atoms with van der Waals surface area (Å²) in [6.45, 7) is -0.107. The van der Waals surface area contributed by atoms with Crippen LogP contribution in [0, 0.1) is 5.41 Å². The number of nitrogens with zero attached hydrogens (tertiary/aromatic N) is 2. The second-order valence-electron chi connectivity index (χ2n) is 4.97. The lowest BCUT2D eigenvalue weighted by atomic mass is 10.3. The first kappa shape index (κ1) is 16.5. The van der Waals surface area contributed by atoms with Crippen LogP contribution in [-0.4, -0.2) is 47.3 Å². The first-order chi connectivity index (χ1) is 12.1. The molecule has 5 N–H and O–H groups in total. The van der Waals surface area contributed by atoms with Gasteiger partial charge in [0.05, 0.1) is 16.4 Å². The number of hydrazone groups is 1. The largest absolute Gasteiger partial charge is 0.348 e. The smallest absolute Gasteiger partial charge is 0.322 e. The Morgan fingerprint density at radius 3 is 2.88 bits per heavy atom. The first-order valence-corrected chi connectivity index (χ1v) is 7.98. The Morgan fingerprint density at radius 2 is 2.20 bits per heavy atom. The molecule has 1 saturated heterocycles. The number of benzene rings is 1. The van der Waals surface area contributed by atoms with Gasteiger partial charge in [-0.3, -0.25) is 20.3 Å². The van der Waals surface area contributed by atoms with Gasteiger partial charge in [-0.15, -0.1) is 0 Å². The Balaban J connectivity index is 1.61. The SMILES string of the molecule is N=C/C(=N\Nc1nc2ccccc2s1)C(=O)NC[C@H]1NC(=O)NC1=O. The van der Waals surface area contributed by atoms with Gasteiger partial charge in [-0.1, -0.05) is 23.5 Å². The molecule has 1 aliphatic heterocycles. The lowest BCUT2D eigenvalue weighted by molar-refractivity contribution is -0.120. The fraction of sp³-hybridized carbons (Fsp3) is 0.143. The molecule has 1 aromatic heterocycles. The summed E-state index contributed by atoms with van der Waals surface area (Å²) in [5, 5.41) is 18.5. The maximum absolute atomic E-state index is 12.0. The number of fused-ring (bicyclic) bond motifs is 1. The summed E-state index contributed by atoms with van der Waals surface area (Å²) < 4.78 is 0.962. The van der Waals surface area contributed by atoms with E-state index in [9.17, 15) is 14.4 Å². The van der Waals surface area contributed by atoms with E-state index < -0.39 is 23.9 Å². The number of urea groups is 1. The molecule has 128 valence electrons. The Hall–Kier alpha value is -3.34. The molecule has 0 spiro atoms. The van der Waals surface area contributed by atoms with Crippen LogP contribution in [0.15, 0.2) is 29.4 Å². The second kappa shape index (κ2) is 7.05. The molecule has 1 fully saturated rings. The van der Waals surface area contributed by atoms with Gasteiger partial charge in [0.15, 0.2) is 5.71 Å².